The lowest BCUT2D eigenvalue weighted by Crippen LogP contribution is -2.12. The lowest BCUT2D eigenvalue weighted by Gasteiger charge is -2.18. The molecule has 1 unspecified atom stereocenters. The van der Waals surface area contributed by atoms with Gasteiger partial charge in [0.25, 0.3) is 0 Å². The maximum atomic E-state index is 9.22. The molecule has 100 valence electrons. The molecule has 1 aliphatic carbocycles. The van der Waals surface area contributed by atoms with Gasteiger partial charge in [-0.1, -0.05) is 13.0 Å². The second-order valence-electron chi connectivity index (χ2n) is 5.02. The SMILES string of the molecule is COc1ccc(C(C)CO)cc1OC1CCCC1. The van der Waals surface area contributed by atoms with Gasteiger partial charge < -0.3 is 14.6 Å². The van der Waals surface area contributed by atoms with E-state index in [4.69, 9.17) is 9.47 Å². The van der Waals surface area contributed by atoms with E-state index >= 15 is 0 Å². The maximum absolute atomic E-state index is 9.22. The highest BCUT2D eigenvalue weighted by Crippen LogP contribution is 2.34. The number of hydrogen-bond acceptors (Lipinski definition) is 3. The van der Waals surface area contributed by atoms with Crippen molar-refractivity contribution in [2.45, 2.75) is 44.6 Å². The zero-order valence-corrected chi connectivity index (χ0v) is 11.2. The molecule has 1 N–H and O–H groups in total. The van der Waals surface area contributed by atoms with Crippen LogP contribution >= 0.6 is 0 Å². The predicted molar refractivity (Wildman–Crippen MR) is 71.4 cm³/mol. The fraction of sp³-hybridized carbons (Fsp3) is 0.600. The first-order valence-corrected chi connectivity index (χ1v) is 6.70. The average Bonchev–Trinajstić information content (AvgIpc) is 2.90. The Balaban J connectivity index is 2.18. The van der Waals surface area contributed by atoms with Crippen molar-refractivity contribution in [3.05, 3.63) is 23.8 Å². The van der Waals surface area contributed by atoms with Crippen molar-refractivity contribution in [3.8, 4) is 11.5 Å². The molecule has 3 heteroatoms. The van der Waals surface area contributed by atoms with Crippen molar-refractivity contribution in [2.75, 3.05) is 13.7 Å². The van der Waals surface area contributed by atoms with E-state index in [0.717, 1.165) is 29.9 Å². The van der Waals surface area contributed by atoms with Crippen molar-refractivity contribution in [3.63, 3.8) is 0 Å². The van der Waals surface area contributed by atoms with Crippen LogP contribution in [0, 0.1) is 0 Å². The number of ether oxygens (including phenoxy) is 2. The summed E-state index contributed by atoms with van der Waals surface area (Å²) < 4.78 is 11.4. The van der Waals surface area contributed by atoms with Crippen LogP contribution in [-0.2, 0) is 0 Å². The first-order chi connectivity index (χ1) is 8.74. The van der Waals surface area contributed by atoms with Gasteiger partial charge in [-0.25, -0.2) is 0 Å². The van der Waals surface area contributed by atoms with Crippen molar-refractivity contribution in [1.82, 2.24) is 0 Å². The Morgan fingerprint density at radius 3 is 2.61 bits per heavy atom. The smallest absolute Gasteiger partial charge is 0.161 e. The van der Waals surface area contributed by atoms with Crippen LogP contribution in [0.1, 0.15) is 44.1 Å². The van der Waals surface area contributed by atoms with Crippen molar-refractivity contribution < 1.29 is 14.6 Å². The maximum Gasteiger partial charge on any atom is 0.161 e. The zero-order valence-electron chi connectivity index (χ0n) is 11.2. The van der Waals surface area contributed by atoms with E-state index < -0.39 is 0 Å². The monoisotopic (exact) mass is 250 g/mol. The van der Waals surface area contributed by atoms with Gasteiger partial charge in [0.1, 0.15) is 0 Å². The molecule has 1 aromatic rings. The number of hydrogen-bond donors (Lipinski definition) is 1. The van der Waals surface area contributed by atoms with Gasteiger partial charge in [0.15, 0.2) is 11.5 Å². The number of rotatable bonds is 5. The Bertz CT molecular complexity index is 383. The molecule has 0 amide bonds. The highest BCUT2D eigenvalue weighted by atomic mass is 16.5. The summed E-state index contributed by atoms with van der Waals surface area (Å²) in [6.45, 7) is 2.15. The molecule has 1 saturated carbocycles. The van der Waals surface area contributed by atoms with Gasteiger partial charge in [-0.15, -0.1) is 0 Å². The fourth-order valence-corrected chi connectivity index (χ4v) is 2.38. The van der Waals surface area contributed by atoms with Crippen LogP contribution in [0.5, 0.6) is 11.5 Å². The molecule has 0 radical (unpaired) electrons. The average molecular weight is 250 g/mol. The van der Waals surface area contributed by atoms with Gasteiger partial charge in [-0.3, -0.25) is 0 Å². The Morgan fingerprint density at radius 2 is 2.00 bits per heavy atom. The quantitative estimate of drug-likeness (QED) is 0.872. The first-order valence-electron chi connectivity index (χ1n) is 6.70. The van der Waals surface area contributed by atoms with Crippen LogP contribution in [0.15, 0.2) is 18.2 Å². The van der Waals surface area contributed by atoms with Gasteiger partial charge in [0.05, 0.1) is 13.2 Å². The molecule has 1 atom stereocenters. The van der Waals surface area contributed by atoms with E-state index in [1.54, 1.807) is 7.11 Å². The van der Waals surface area contributed by atoms with Gasteiger partial charge in [0, 0.05) is 12.5 Å². The van der Waals surface area contributed by atoms with Crippen LogP contribution in [-0.4, -0.2) is 24.9 Å². The van der Waals surface area contributed by atoms with E-state index in [2.05, 4.69) is 0 Å². The van der Waals surface area contributed by atoms with Crippen LogP contribution in [0.4, 0.5) is 0 Å². The van der Waals surface area contributed by atoms with Crippen LogP contribution in [0.25, 0.3) is 0 Å². The van der Waals surface area contributed by atoms with E-state index in [0.29, 0.717) is 6.10 Å². The minimum atomic E-state index is 0.127. The Hall–Kier alpha value is -1.22. The molecule has 0 saturated heterocycles. The highest BCUT2D eigenvalue weighted by Gasteiger charge is 2.19. The van der Waals surface area contributed by atoms with Crippen LogP contribution < -0.4 is 9.47 Å². The molecular formula is C15H22O3. The molecule has 3 nitrogen and oxygen atoms in total. The molecule has 0 heterocycles. The van der Waals surface area contributed by atoms with Gasteiger partial charge in [-0.2, -0.15) is 0 Å². The summed E-state index contributed by atoms with van der Waals surface area (Å²) in [6, 6.07) is 5.91. The molecule has 0 aliphatic heterocycles. The normalized spacial score (nSPS) is 17.7. The van der Waals surface area contributed by atoms with Crippen LogP contribution in [0.3, 0.4) is 0 Å². The van der Waals surface area contributed by atoms with Gasteiger partial charge in [0.2, 0.25) is 0 Å². The largest absolute Gasteiger partial charge is 0.493 e. The van der Waals surface area contributed by atoms with Gasteiger partial charge >= 0.3 is 0 Å². The number of benzene rings is 1. The summed E-state index contributed by atoms with van der Waals surface area (Å²) in [5.74, 6) is 1.71. The molecule has 0 aromatic heterocycles. The molecule has 1 aromatic carbocycles. The Kier molecular flexibility index (Phi) is 4.48. The third-order valence-corrected chi connectivity index (χ3v) is 3.63. The summed E-state index contributed by atoms with van der Waals surface area (Å²) in [4.78, 5) is 0. The number of aliphatic hydroxyl groups excluding tert-OH is 1. The topological polar surface area (TPSA) is 38.7 Å². The Morgan fingerprint density at radius 1 is 1.28 bits per heavy atom. The number of aliphatic hydroxyl groups is 1. The lowest BCUT2D eigenvalue weighted by molar-refractivity contribution is 0.200. The molecule has 18 heavy (non-hydrogen) atoms. The standard InChI is InChI=1S/C15H22O3/c1-11(10-16)12-7-8-14(17-2)15(9-12)18-13-5-3-4-6-13/h7-9,11,13,16H,3-6,10H2,1-2H3. The third kappa shape index (κ3) is 2.96. The minimum absolute atomic E-state index is 0.127. The second-order valence-corrected chi connectivity index (χ2v) is 5.02. The molecule has 0 bridgehead atoms. The van der Waals surface area contributed by atoms with Crippen molar-refractivity contribution in [1.29, 1.82) is 0 Å². The zero-order chi connectivity index (χ0) is 13.0. The van der Waals surface area contributed by atoms with E-state index in [1.807, 2.05) is 25.1 Å². The Labute approximate surface area is 109 Å². The summed E-state index contributed by atoms with van der Waals surface area (Å²) in [7, 11) is 1.66. The summed E-state index contributed by atoms with van der Waals surface area (Å²) in [6.07, 6.45) is 5.07. The fourth-order valence-electron chi connectivity index (χ4n) is 2.38. The second kappa shape index (κ2) is 6.10. The highest BCUT2D eigenvalue weighted by molar-refractivity contribution is 5.44. The molecular weight excluding hydrogens is 228 g/mol. The van der Waals surface area contributed by atoms with E-state index in [-0.39, 0.29) is 12.5 Å². The van der Waals surface area contributed by atoms with Crippen molar-refractivity contribution >= 4 is 0 Å². The molecule has 1 fully saturated rings. The minimum Gasteiger partial charge on any atom is -0.493 e. The van der Waals surface area contributed by atoms with Gasteiger partial charge in [-0.05, 0) is 43.4 Å². The molecule has 1 aliphatic rings. The van der Waals surface area contributed by atoms with E-state index in [1.165, 1.54) is 12.8 Å². The van der Waals surface area contributed by atoms with E-state index in [9.17, 15) is 5.11 Å². The number of methoxy groups -OCH3 is 1. The summed E-state index contributed by atoms with van der Waals surface area (Å²) >= 11 is 0. The first kappa shape index (κ1) is 13.2. The summed E-state index contributed by atoms with van der Waals surface area (Å²) in [5, 5.41) is 9.22. The van der Waals surface area contributed by atoms with Crippen molar-refractivity contribution in [2.24, 2.45) is 0 Å². The molecule has 2 rings (SSSR count). The summed E-state index contributed by atoms with van der Waals surface area (Å²) in [5.41, 5.74) is 1.09. The molecule has 0 spiro atoms. The van der Waals surface area contributed by atoms with Crippen LogP contribution in [0.2, 0.25) is 0 Å². The predicted octanol–water partition coefficient (Wildman–Crippen LogP) is 3.11. The lowest BCUT2D eigenvalue weighted by atomic mass is 10.0. The third-order valence-electron chi connectivity index (χ3n) is 3.63.